The predicted molar refractivity (Wildman–Crippen MR) is 70.0 cm³/mol. The molecule has 4 heteroatoms. The molecule has 0 aliphatic heterocycles. The normalized spacial score (nSPS) is 13.5. The summed E-state index contributed by atoms with van der Waals surface area (Å²) >= 11 is 0. The van der Waals surface area contributed by atoms with E-state index in [1.54, 1.807) is 0 Å². The van der Waals surface area contributed by atoms with Crippen LogP contribution in [-0.2, 0) is 19.1 Å². The van der Waals surface area contributed by atoms with Gasteiger partial charge in [-0.25, -0.2) is 9.59 Å². The second-order valence-electron chi connectivity index (χ2n) is 4.33. The number of hydrogen-bond acceptors (Lipinski definition) is 4. The summed E-state index contributed by atoms with van der Waals surface area (Å²) in [5.41, 5.74) is 0. The van der Waals surface area contributed by atoms with Crippen LogP contribution in [0.5, 0.6) is 0 Å². The van der Waals surface area contributed by atoms with E-state index in [0.29, 0.717) is 12.5 Å². The summed E-state index contributed by atoms with van der Waals surface area (Å²) in [7, 11) is 0. The van der Waals surface area contributed by atoms with E-state index < -0.39 is 18.0 Å². The minimum Gasteiger partial charge on any atom is -0.463 e. The fourth-order valence-electron chi connectivity index (χ4n) is 1.49. The Labute approximate surface area is 109 Å². The van der Waals surface area contributed by atoms with E-state index in [0.717, 1.165) is 31.8 Å². The molecule has 18 heavy (non-hydrogen) atoms. The molecule has 0 saturated carbocycles. The molecule has 0 bridgehead atoms. The Balaban J connectivity index is 3.98. The van der Waals surface area contributed by atoms with Gasteiger partial charge in [0.25, 0.3) is 0 Å². The smallest absolute Gasteiger partial charge is 0.347 e. The van der Waals surface area contributed by atoms with E-state index in [2.05, 4.69) is 20.4 Å². The van der Waals surface area contributed by atoms with Crippen molar-refractivity contribution in [3.8, 4) is 0 Å². The summed E-state index contributed by atoms with van der Waals surface area (Å²) in [6.45, 7) is 9.37. The van der Waals surface area contributed by atoms with Crippen molar-refractivity contribution in [1.82, 2.24) is 0 Å². The maximum absolute atomic E-state index is 11.6. The van der Waals surface area contributed by atoms with Crippen LogP contribution in [0.15, 0.2) is 12.7 Å². The quantitative estimate of drug-likeness (QED) is 0.470. The number of ether oxygens (including phenoxy) is 2. The summed E-state index contributed by atoms with van der Waals surface area (Å²) < 4.78 is 9.93. The van der Waals surface area contributed by atoms with Gasteiger partial charge in [-0.2, -0.15) is 0 Å². The van der Waals surface area contributed by atoms with Crippen molar-refractivity contribution in [2.45, 2.75) is 52.6 Å². The van der Waals surface area contributed by atoms with Crippen molar-refractivity contribution in [2.24, 2.45) is 5.92 Å². The lowest BCUT2D eigenvalue weighted by Gasteiger charge is -2.16. The number of unbranched alkanes of at least 4 members (excludes halogenated alkanes) is 1. The summed E-state index contributed by atoms with van der Waals surface area (Å²) in [4.78, 5) is 22.5. The van der Waals surface area contributed by atoms with Gasteiger partial charge in [-0.1, -0.05) is 39.7 Å². The Bertz CT molecular complexity index is 273. The van der Waals surface area contributed by atoms with Crippen LogP contribution in [0.4, 0.5) is 0 Å². The van der Waals surface area contributed by atoms with Crippen molar-refractivity contribution in [2.75, 3.05) is 6.61 Å². The van der Waals surface area contributed by atoms with Crippen LogP contribution in [0.25, 0.3) is 0 Å². The third kappa shape index (κ3) is 7.09. The van der Waals surface area contributed by atoms with Gasteiger partial charge in [0.05, 0.1) is 6.61 Å². The molecule has 0 saturated heterocycles. The number of carbonyl (C=O) groups excluding carboxylic acids is 2. The van der Waals surface area contributed by atoms with Crippen molar-refractivity contribution in [3.63, 3.8) is 0 Å². The molecule has 4 nitrogen and oxygen atoms in total. The molecule has 0 N–H and O–H groups in total. The highest BCUT2D eigenvalue weighted by Gasteiger charge is 2.19. The van der Waals surface area contributed by atoms with Crippen molar-refractivity contribution in [1.29, 1.82) is 0 Å². The maximum Gasteiger partial charge on any atom is 0.347 e. The topological polar surface area (TPSA) is 52.6 Å². The average Bonchev–Trinajstić information content (AvgIpc) is 2.38. The Morgan fingerprint density at radius 3 is 2.50 bits per heavy atom. The first-order valence-electron chi connectivity index (χ1n) is 6.54. The van der Waals surface area contributed by atoms with Gasteiger partial charge in [-0.15, -0.1) is 0 Å². The molecule has 0 heterocycles. The van der Waals surface area contributed by atoms with E-state index in [4.69, 9.17) is 9.47 Å². The van der Waals surface area contributed by atoms with Crippen molar-refractivity contribution >= 4 is 11.9 Å². The van der Waals surface area contributed by atoms with Gasteiger partial charge in [0.1, 0.15) is 0 Å². The van der Waals surface area contributed by atoms with Gasteiger partial charge < -0.3 is 9.47 Å². The van der Waals surface area contributed by atoms with E-state index >= 15 is 0 Å². The fourth-order valence-corrected chi connectivity index (χ4v) is 1.49. The molecule has 0 fully saturated rings. The van der Waals surface area contributed by atoms with E-state index in [9.17, 15) is 9.59 Å². The lowest BCUT2D eigenvalue weighted by atomic mass is 10.0. The van der Waals surface area contributed by atoms with Gasteiger partial charge in [0.15, 0.2) is 6.10 Å². The van der Waals surface area contributed by atoms with Crippen LogP contribution in [0, 0.1) is 5.92 Å². The first-order valence-corrected chi connectivity index (χ1v) is 6.54. The summed E-state index contributed by atoms with van der Waals surface area (Å²) in [5, 5.41) is 0. The first kappa shape index (κ1) is 16.7. The van der Waals surface area contributed by atoms with Crippen LogP contribution in [0.2, 0.25) is 0 Å². The molecule has 0 aromatic rings. The Morgan fingerprint density at radius 2 is 2.00 bits per heavy atom. The molecule has 104 valence electrons. The highest BCUT2D eigenvalue weighted by Crippen LogP contribution is 2.13. The Hall–Kier alpha value is -1.32. The van der Waals surface area contributed by atoms with Crippen molar-refractivity contribution < 1.29 is 19.1 Å². The molecule has 0 radical (unpaired) electrons. The third-order valence-electron chi connectivity index (χ3n) is 2.80. The summed E-state index contributed by atoms with van der Waals surface area (Å²) in [6, 6.07) is 0. The molecule has 0 aromatic carbocycles. The minimum absolute atomic E-state index is 0.385. The lowest BCUT2D eigenvalue weighted by molar-refractivity contribution is -0.164. The summed E-state index contributed by atoms with van der Waals surface area (Å²) in [6.07, 6.45) is 4.46. The molecule has 2 atom stereocenters. The van der Waals surface area contributed by atoms with E-state index in [1.807, 2.05) is 0 Å². The minimum atomic E-state index is -0.876. The molecule has 2 unspecified atom stereocenters. The van der Waals surface area contributed by atoms with Crippen LogP contribution in [0.3, 0.4) is 0 Å². The van der Waals surface area contributed by atoms with Gasteiger partial charge in [0.2, 0.25) is 0 Å². The molecule has 0 rings (SSSR count). The zero-order chi connectivity index (χ0) is 14.0. The molecule has 0 spiro atoms. The zero-order valence-electron chi connectivity index (χ0n) is 11.6. The molecule has 0 amide bonds. The second-order valence-corrected chi connectivity index (χ2v) is 4.33. The largest absolute Gasteiger partial charge is 0.463 e. The van der Waals surface area contributed by atoms with Gasteiger partial charge in [-0.05, 0) is 19.3 Å². The molecule has 0 aromatic heterocycles. The number of carbonyl (C=O) groups is 2. The monoisotopic (exact) mass is 256 g/mol. The predicted octanol–water partition coefficient (Wildman–Crippen LogP) is 2.86. The lowest BCUT2D eigenvalue weighted by Crippen LogP contribution is -2.27. The van der Waals surface area contributed by atoms with E-state index in [-0.39, 0.29) is 0 Å². The standard InChI is InChI=1S/C14H24O4/c1-5-8-9-12(6-2)10-17-14(16)11(4)18-13(15)7-3/h7,11-12H,3,5-6,8-10H2,1-2,4H3. The highest BCUT2D eigenvalue weighted by atomic mass is 16.6. The maximum atomic E-state index is 11.6. The van der Waals surface area contributed by atoms with E-state index in [1.165, 1.54) is 6.92 Å². The Kier molecular flexibility index (Phi) is 8.97. The van der Waals surface area contributed by atoms with Gasteiger partial charge in [0, 0.05) is 6.08 Å². The second kappa shape index (κ2) is 9.68. The third-order valence-corrected chi connectivity index (χ3v) is 2.80. The highest BCUT2D eigenvalue weighted by molar-refractivity contribution is 5.84. The molecule has 0 aliphatic carbocycles. The zero-order valence-corrected chi connectivity index (χ0v) is 11.6. The van der Waals surface area contributed by atoms with Gasteiger partial charge in [-0.3, -0.25) is 0 Å². The molecule has 0 aliphatic rings. The average molecular weight is 256 g/mol. The van der Waals surface area contributed by atoms with Crippen LogP contribution in [0.1, 0.15) is 46.5 Å². The number of rotatable bonds is 9. The van der Waals surface area contributed by atoms with Crippen LogP contribution in [-0.4, -0.2) is 24.6 Å². The summed E-state index contributed by atoms with van der Waals surface area (Å²) in [5.74, 6) is -0.728. The van der Waals surface area contributed by atoms with Gasteiger partial charge >= 0.3 is 11.9 Å². The number of esters is 2. The van der Waals surface area contributed by atoms with Crippen LogP contribution < -0.4 is 0 Å². The van der Waals surface area contributed by atoms with Crippen molar-refractivity contribution in [3.05, 3.63) is 12.7 Å². The first-order chi connectivity index (χ1) is 8.54. The molecular formula is C14H24O4. The number of hydrogen-bond donors (Lipinski definition) is 0. The van der Waals surface area contributed by atoms with Crippen LogP contribution >= 0.6 is 0 Å². The fraction of sp³-hybridized carbons (Fsp3) is 0.714. The SMILES string of the molecule is C=CC(=O)OC(C)C(=O)OCC(CC)CCCC. The Morgan fingerprint density at radius 1 is 1.33 bits per heavy atom. The molecular weight excluding hydrogens is 232 g/mol.